The Morgan fingerprint density at radius 2 is 1.71 bits per heavy atom. The second-order valence-corrected chi connectivity index (χ2v) is 9.88. The van der Waals surface area contributed by atoms with Gasteiger partial charge in [-0.1, -0.05) is 18.2 Å². The molecule has 1 aromatic carbocycles. The highest BCUT2D eigenvalue weighted by Gasteiger charge is 2.51. The highest BCUT2D eigenvalue weighted by Crippen LogP contribution is 2.55. The summed E-state index contributed by atoms with van der Waals surface area (Å²) in [6, 6.07) is 7.35. The van der Waals surface area contributed by atoms with Gasteiger partial charge in [0.05, 0.1) is 6.04 Å². The van der Waals surface area contributed by atoms with E-state index in [4.69, 9.17) is 0 Å². The molecule has 5 aliphatic rings. The number of amides is 1. The lowest BCUT2D eigenvalue weighted by Crippen LogP contribution is -2.62. The van der Waals surface area contributed by atoms with Gasteiger partial charge in [-0.25, -0.2) is 0 Å². The van der Waals surface area contributed by atoms with Crippen LogP contribution in [0.15, 0.2) is 30.3 Å². The molecule has 4 aliphatic carbocycles. The molecule has 4 fully saturated rings. The highest BCUT2D eigenvalue weighted by molar-refractivity contribution is 5.82. The van der Waals surface area contributed by atoms with Crippen molar-refractivity contribution in [2.24, 2.45) is 17.8 Å². The average molecular weight is 381 g/mol. The number of phenols is 1. The van der Waals surface area contributed by atoms with Crippen molar-refractivity contribution in [2.45, 2.75) is 63.5 Å². The summed E-state index contributed by atoms with van der Waals surface area (Å²) in [5, 5.41) is 13.0. The summed E-state index contributed by atoms with van der Waals surface area (Å²) >= 11 is 0. The molecule has 4 saturated carbocycles. The Morgan fingerprint density at radius 3 is 2.25 bits per heavy atom. The van der Waals surface area contributed by atoms with Crippen LogP contribution in [0.25, 0.3) is 5.57 Å². The Balaban J connectivity index is 1.22. The van der Waals surface area contributed by atoms with Crippen LogP contribution in [0.5, 0.6) is 5.75 Å². The molecule has 0 radical (unpaired) electrons. The first-order valence-electron chi connectivity index (χ1n) is 11.0. The fourth-order valence-corrected chi connectivity index (χ4v) is 6.77. The van der Waals surface area contributed by atoms with Crippen LogP contribution in [-0.4, -0.2) is 40.6 Å². The predicted octanol–water partition coefficient (Wildman–Crippen LogP) is 3.95. The van der Waals surface area contributed by atoms with Crippen LogP contribution in [0.2, 0.25) is 0 Å². The Bertz CT molecular complexity index is 747. The topological polar surface area (TPSA) is 52.6 Å². The van der Waals surface area contributed by atoms with Gasteiger partial charge in [0, 0.05) is 18.6 Å². The van der Waals surface area contributed by atoms with Crippen molar-refractivity contribution in [3.63, 3.8) is 0 Å². The van der Waals surface area contributed by atoms with Gasteiger partial charge >= 0.3 is 0 Å². The van der Waals surface area contributed by atoms with Gasteiger partial charge in [-0.15, -0.1) is 0 Å². The van der Waals surface area contributed by atoms with Crippen LogP contribution >= 0.6 is 0 Å². The molecule has 1 unspecified atom stereocenters. The lowest BCUT2D eigenvalue weighted by atomic mass is 9.53. The third-order valence-electron chi connectivity index (χ3n) is 7.83. The van der Waals surface area contributed by atoms with Gasteiger partial charge in [-0.05, 0) is 92.9 Å². The molecule has 0 spiro atoms. The van der Waals surface area contributed by atoms with Crippen LogP contribution < -0.4 is 5.32 Å². The van der Waals surface area contributed by atoms with Gasteiger partial charge in [0.25, 0.3) is 0 Å². The molecule has 1 atom stereocenters. The fourth-order valence-electron chi connectivity index (χ4n) is 6.77. The van der Waals surface area contributed by atoms with E-state index in [1.807, 2.05) is 12.1 Å². The van der Waals surface area contributed by atoms with Crippen molar-refractivity contribution in [3.8, 4) is 5.75 Å². The molecule has 1 amide bonds. The highest BCUT2D eigenvalue weighted by atomic mass is 16.3. The Kier molecular flexibility index (Phi) is 4.50. The van der Waals surface area contributed by atoms with Gasteiger partial charge in [0.2, 0.25) is 5.91 Å². The number of phenolic OH excluding ortho intramolecular Hbond substituents is 1. The van der Waals surface area contributed by atoms with E-state index in [1.165, 1.54) is 49.7 Å². The summed E-state index contributed by atoms with van der Waals surface area (Å²) in [5.74, 6) is 3.09. The van der Waals surface area contributed by atoms with Gasteiger partial charge in [-0.3, -0.25) is 9.69 Å². The normalized spacial score (nSPS) is 35.5. The lowest BCUT2D eigenvalue weighted by Gasteiger charge is -2.57. The maximum Gasteiger partial charge on any atom is 0.237 e. The van der Waals surface area contributed by atoms with Crippen LogP contribution in [0, 0.1) is 17.8 Å². The minimum absolute atomic E-state index is 0.0781. The van der Waals surface area contributed by atoms with E-state index >= 15 is 0 Å². The van der Waals surface area contributed by atoms with Crippen molar-refractivity contribution in [3.05, 3.63) is 35.9 Å². The molecule has 1 aliphatic heterocycles. The zero-order valence-corrected chi connectivity index (χ0v) is 16.9. The largest absolute Gasteiger partial charge is 0.508 e. The molecule has 1 aromatic rings. The van der Waals surface area contributed by atoms with E-state index < -0.39 is 0 Å². The summed E-state index contributed by atoms with van der Waals surface area (Å²) in [7, 11) is 0. The van der Waals surface area contributed by atoms with Crippen molar-refractivity contribution in [2.75, 3.05) is 13.1 Å². The molecule has 0 saturated heterocycles. The van der Waals surface area contributed by atoms with E-state index in [0.717, 1.165) is 37.3 Å². The first-order valence-corrected chi connectivity index (χ1v) is 11.0. The number of benzene rings is 1. The summed E-state index contributed by atoms with van der Waals surface area (Å²) in [6.45, 7) is 3.78. The molecule has 6 rings (SSSR count). The van der Waals surface area contributed by atoms with Crippen LogP contribution in [0.4, 0.5) is 0 Å². The monoisotopic (exact) mass is 380 g/mol. The number of carbonyl (C=O) groups is 1. The molecular formula is C24H32N2O2. The molecule has 1 heterocycles. The quantitative estimate of drug-likeness (QED) is 0.831. The summed E-state index contributed by atoms with van der Waals surface area (Å²) < 4.78 is 0. The number of aromatic hydroxyl groups is 1. The van der Waals surface area contributed by atoms with Crippen molar-refractivity contribution >= 4 is 11.5 Å². The minimum Gasteiger partial charge on any atom is -0.508 e. The second kappa shape index (κ2) is 6.91. The van der Waals surface area contributed by atoms with Crippen molar-refractivity contribution in [1.82, 2.24) is 10.2 Å². The SMILES string of the molecule is CC(C(=O)NC12CC3CC(CC(C3)C1)C2)N1CC=C(c2ccc(O)cc2)CC1. The average Bonchev–Trinajstić information content (AvgIpc) is 2.67. The van der Waals surface area contributed by atoms with Gasteiger partial charge in [0.1, 0.15) is 5.75 Å². The van der Waals surface area contributed by atoms with Crippen LogP contribution in [-0.2, 0) is 4.79 Å². The Morgan fingerprint density at radius 1 is 1.11 bits per heavy atom. The van der Waals surface area contributed by atoms with E-state index in [2.05, 4.69) is 23.2 Å². The molecule has 4 nitrogen and oxygen atoms in total. The van der Waals surface area contributed by atoms with E-state index in [0.29, 0.717) is 5.75 Å². The predicted molar refractivity (Wildman–Crippen MR) is 111 cm³/mol. The second-order valence-electron chi connectivity index (χ2n) is 9.88. The standard InChI is InChI=1S/C24H32N2O2/c1-16(26-8-6-21(7-9-26)20-2-4-22(27)5-3-20)23(28)25-24-13-17-10-18(14-24)12-19(11-17)15-24/h2-6,16-19,27H,7-15H2,1H3,(H,25,28). The summed E-state index contributed by atoms with van der Waals surface area (Å²) in [5.41, 5.74) is 2.58. The zero-order valence-electron chi connectivity index (χ0n) is 16.9. The first kappa shape index (κ1) is 18.2. The minimum atomic E-state index is -0.0781. The van der Waals surface area contributed by atoms with E-state index in [-0.39, 0.29) is 17.5 Å². The maximum absolute atomic E-state index is 13.1. The van der Waals surface area contributed by atoms with Crippen molar-refractivity contribution < 1.29 is 9.90 Å². The van der Waals surface area contributed by atoms with E-state index in [1.54, 1.807) is 12.1 Å². The maximum atomic E-state index is 13.1. The molecule has 0 aromatic heterocycles. The third-order valence-corrected chi connectivity index (χ3v) is 7.83. The van der Waals surface area contributed by atoms with Gasteiger partial charge < -0.3 is 10.4 Å². The number of nitrogens with one attached hydrogen (secondary N) is 1. The zero-order chi connectivity index (χ0) is 19.3. The number of rotatable bonds is 4. The molecule has 150 valence electrons. The molecule has 4 bridgehead atoms. The molecule has 4 heteroatoms. The van der Waals surface area contributed by atoms with Crippen molar-refractivity contribution in [1.29, 1.82) is 0 Å². The smallest absolute Gasteiger partial charge is 0.237 e. The van der Waals surface area contributed by atoms with Gasteiger partial charge in [-0.2, -0.15) is 0 Å². The Hall–Kier alpha value is -1.81. The van der Waals surface area contributed by atoms with Crippen LogP contribution in [0.3, 0.4) is 0 Å². The molecule has 28 heavy (non-hydrogen) atoms. The number of hydrogen-bond acceptors (Lipinski definition) is 3. The fraction of sp³-hybridized carbons (Fsp3) is 0.625. The third kappa shape index (κ3) is 3.36. The van der Waals surface area contributed by atoms with Gasteiger partial charge in [0.15, 0.2) is 0 Å². The number of hydrogen-bond donors (Lipinski definition) is 2. The molecular weight excluding hydrogens is 348 g/mol. The summed E-state index contributed by atoms with van der Waals surface area (Å²) in [4.78, 5) is 15.4. The van der Waals surface area contributed by atoms with Crippen LogP contribution in [0.1, 0.15) is 57.4 Å². The van der Waals surface area contributed by atoms with E-state index in [9.17, 15) is 9.90 Å². The summed E-state index contributed by atoms with van der Waals surface area (Å²) in [6.07, 6.45) is 11.0. The lowest BCUT2D eigenvalue weighted by molar-refractivity contribution is -0.131. The number of carbonyl (C=O) groups excluding carboxylic acids is 1. The Labute approximate surface area is 168 Å². The number of nitrogens with zero attached hydrogens (tertiary/aromatic N) is 1. The first-order chi connectivity index (χ1) is 13.5. The molecule has 2 N–H and O–H groups in total.